The minimum absolute atomic E-state index is 0.0102. The van der Waals surface area contributed by atoms with Crippen molar-refractivity contribution in [2.24, 2.45) is 5.73 Å². The third-order valence-corrected chi connectivity index (χ3v) is 4.13. The Morgan fingerprint density at radius 1 is 1.32 bits per heavy atom. The van der Waals surface area contributed by atoms with E-state index in [2.05, 4.69) is 35.4 Å². The monoisotopic (exact) mass is 304 g/mol. The van der Waals surface area contributed by atoms with Crippen molar-refractivity contribution in [3.63, 3.8) is 0 Å². The highest BCUT2D eigenvalue weighted by Gasteiger charge is 2.27. The second-order valence-corrected chi connectivity index (χ2v) is 5.50. The van der Waals surface area contributed by atoms with Crippen LogP contribution in [0.15, 0.2) is 28.7 Å². The number of aromatic nitrogens is 2. The summed E-state index contributed by atoms with van der Waals surface area (Å²) < 4.78 is 10.8. The molecule has 3 N–H and O–H groups in total. The van der Waals surface area contributed by atoms with E-state index in [1.54, 1.807) is 7.11 Å². The fraction of sp³-hybridized carbons (Fsp3) is 0.500. The molecule has 2 aromatic rings. The fourth-order valence-electron chi connectivity index (χ4n) is 2.50. The minimum atomic E-state index is 0.0102. The van der Waals surface area contributed by atoms with Gasteiger partial charge in [0.25, 0.3) is 0 Å². The topological polar surface area (TPSA) is 86.2 Å². The summed E-state index contributed by atoms with van der Waals surface area (Å²) in [6.07, 6.45) is 1.93. The molecule has 1 aromatic heterocycles. The van der Waals surface area contributed by atoms with Crippen molar-refractivity contribution in [3.8, 4) is 5.75 Å². The van der Waals surface area contributed by atoms with Gasteiger partial charge in [0.1, 0.15) is 5.75 Å². The van der Waals surface area contributed by atoms with Gasteiger partial charge in [-0.3, -0.25) is 0 Å². The zero-order chi connectivity index (χ0) is 16.0. The van der Waals surface area contributed by atoms with Crippen LogP contribution in [0.5, 0.6) is 5.75 Å². The van der Waals surface area contributed by atoms with E-state index in [9.17, 15) is 0 Å². The van der Waals surface area contributed by atoms with Crippen molar-refractivity contribution in [3.05, 3.63) is 35.7 Å². The smallest absolute Gasteiger partial charge is 0.315 e. The number of hydrogen-bond donors (Lipinski definition) is 2. The fourth-order valence-corrected chi connectivity index (χ4v) is 2.50. The molecule has 0 fully saturated rings. The number of benzene rings is 1. The number of hydrogen-bond acceptors (Lipinski definition) is 6. The van der Waals surface area contributed by atoms with E-state index in [1.165, 1.54) is 5.56 Å². The first-order valence-corrected chi connectivity index (χ1v) is 7.52. The molecule has 2 rings (SSSR count). The highest BCUT2D eigenvalue weighted by atomic mass is 16.5. The van der Waals surface area contributed by atoms with Crippen LogP contribution in [0.2, 0.25) is 0 Å². The largest absolute Gasteiger partial charge is 0.496 e. The van der Waals surface area contributed by atoms with Crippen molar-refractivity contribution in [2.45, 2.75) is 38.6 Å². The van der Waals surface area contributed by atoms with Gasteiger partial charge in [0.15, 0.2) is 0 Å². The molecule has 0 spiro atoms. The van der Waals surface area contributed by atoms with Crippen LogP contribution in [0.4, 0.5) is 6.01 Å². The van der Waals surface area contributed by atoms with Crippen LogP contribution >= 0.6 is 0 Å². The summed E-state index contributed by atoms with van der Waals surface area (Å²) in [5.41, 5.74) is 6.68. The molecule has 1 atom stereocenters. The zero-order valence-electron chi connectivity index (χ0n) is 13.4. The Bertz CT molecular complexity index is 599. The number of nitrogens with one attached hydrogen (secondary N) is 1. The molecular weight excluding hydrogens is 280 g/mol. The molecule has 0 aliphatic carbocycles. The molecule has 0 saturated heterocycles. The normalized spacial score (nSPS) is 13.6. The van der Waals surface area contributed by atoms with E-state index < -0.39 is 0 Å². The van der Waals surface area contributed by atoms with E-state index in [0.29, 0.717) is 11.9 Å². The molecule has 0 aliphatic heterocycles. The quantitative estimate of drug-likeness (QED) is 0.780. The lowest BCUT2D eigenvalue weighted by Gasteiger charge is -2.30. The van der Waals surface area contributed by atoms with Crippen LogP contribution in [0.25, 0.3) is 0 Å². The predicted octanol–water partition coefficient (Wildman–Crippen LogP) is 2.71. The Morgan fingerprint density at radius 2 is 2.09 bits per heavy atom. The maximum absolute atomic E-state index is 5.50. The van der Waals surface area contributed by atoms with Crippen LogP contribution in [0.1, 0.15) is 38.1 Å². The third kappa shape index (κ3) is 3.57. The molecular formula is C16H24N4O2. The summed E-state index contributed by atoms with van der Waals surface area (Å²) >= 11 is 0. The molecule has 6 nitrogen and oxygen atoms in total. The van der Waals surface area contributed by atoms with Crippen molar-refractivity contribution < 1.29 is 9.15 Å². The minimum Gasteiger partial charge on any atom is -0.496 e. The van der Waals surface area contributed by atoms with Crippen LogP contribution in [0.3, 0.4) is 0 Å². The number of para-hydroxylation sites is 1. The molecule has 22 heavy (non-hydrogen) atoms. The maximum Gasteiger partial charge on any atom is 0.315 e. The average Bonchev–Trinajstić information content (AvgIpc) is 3.02. The predicted molar refractivity (Wildman–Crippen MR) is 85.9 cm³/mol. The summed E-state index contributed by atoms with van der Waals surface area (Å²) in [5, 5.41) is 10.9. The molecule has 0 bridgehead atoms. The molecule has 1 aromatic carbocycles. The second-order valence-electron chi connectivity index (χ2n) is 5.50. The van der Waals surface area contributed by atoms with Crippen LogP contribution in [-0.4, -0.2) is 23.9 Å². The Morgan fingerprint density at radius 3 is 2.73 bits per heavy atom. The van der Waals surface area contributed by atoms with Gasteiger partial charge in [0.05, 0.1) is 13.7 Å². The Kier molecular flexibility index (Phi) is 5.38. The highest BCUT2D eigenvalue weighted by Crippen LogP contribution is 2.37. The third-order valence-electron chi connectivity index (χ3n) is 4.13. The molecule has 0 aliphatic rings. The Labute approximate surface area is 131 Å². The number of ether oxygens (including phenoxy) is 1. The lowest BCUT2D eigenvalue weighted by atomic mass is 9.77. The van der Waals surface area contributed by atoms with Gasteiger partial charge in [-0.25, -0.2) is 0 Å². The summed E-state index contributed by atoms with van der Waals surface area (Å²) in [5.74, 6) is 1.36. The zero-order valence-corrected chi connectivity index (χ0v) is 13.4. The number of methoxy groups -OCH3 is 1. The van der Waals surface area contributed by atoms with Crippen molar-refractivity contribution >= 4 is 6.01 Å². The molecule has 0 amide bonds. The first-order valence-electron chi connectivity index (χ1n) is 7.52. The van der Waals surface area contributed by atoms with Gasteiger partial charge in [-0.2, -0.15) is 0 Å². The molecule has 1 unspecified atom stereocenters. The highest BCUT2D eigenvalue weighted by molar-refractivity contribution is 5.39. The van der Waals surface area contributed by atoms with Gasteiger partial charge < -0.3 is 20.2 Å². The van der Waals surface area contributed by atoms with Crippen LogP contribution in [-0.2, 0) is 12.0 Å². The van der Waals surface area contributed by atoms with E-state index in [0.717, 1.165) is 25.1 Å². The van der Waals surface area contributed by atoms with Gasteiger partial charge in [-0.05, 0) is 24.3 Å². The molecule has 0 saturated carbocycles. The van der Waals surface area contributed by atoms with Gasteiger partial charge in [-0.15, -0.1) is 5.10 Å². The Balaban J connectivity index is 2.04. The van der Waals surface area contributed by atoms with E-state index in [4.69, 9.17) is 14.9 Å². The molecule has 120 valence electrons. The molecule has 6 heteroatoms. The molecule has 1 heterocycles. The summed E-state index contributed by atoms with van der Waals surface area (Å²) in [6, 6.07) is 8.58. The van der Waals surface area contributed by atoms with E-state index in [-0.39, 0.29) is 12.0 Å². The SMILES string of the molecule is CCC(C)(CCNc1nnc(CN)o1)c1ccccc1OC. The number of nitrogens with zero attached hydrogens (tertiary/aromatic N) is 2. The average molecular weight is 304 g/mol. The summed E-state index contributed by atoms with van der Waals surface area (Å²) in [4.78, 5) is 0. The summed E-state index contributed by atoms with van der Waals surface area (Å²) in [6.45, 7) is 5.41. The van der Waals surface area contributed by atoms with Crippen LogP contribution < -0.4 is 15.8 Å². The standard InChI is InChI=1S/C16H24N4O2/c1-4-16(2,12-7-5-6-8-13(12)21-3)9-10-18-15-20-19-14(11-17)22-15/h5-8H,4,9-11,17H2,1-3H3,(H,18,20). The van der Waals surface area contributed by atoms with Gasteiger partial charge in [0.2, 0.25) is 5.89 Å². The van der Waals surface area contributed by atoms with Crippen molar-refractivity contribution in [2.75, 3.05) is 19.0 Å². The number of anilines is 1. The Hall–Kier alpha value is -2.08. The lowest BCUT2D eigenvalue weighted by Crippen LogP contribution is -2.25. The van der Waals surface area contributed by atoms with Gasteiger partial charge >= 0.3 is 6.01 Å². The van der Waals surface area contributed by atoms with Gasteiger partial charge in [0, 0.05) is 12.1 Å². The van der Waals surface area contributed by atoms with Crippen molar-refractivity contribution in [1.29, 1.82) is 0 Å². The lowest BCUT2D eigenvalue weighted by molar-refractivity contribution is 0.370. The van der Waals surface area contributed by atoms with Crippen LogP contribution in [0, 0.1) is 0 Å². The first kappa shape index (κ1) is 16.3. The van der Waals surface area contributed by atoms with Gasteiger partial charge in [-0.1, -0.05) is 37.1 Å². The number of nitrogens with two attached hydrogens (primary N) is 1. The second kappa shape index (κ2) is 7.26. The molecule has 0 radical (unpaired) electrons. The number of rotatable bonds is 8. The van der Waals surface area contributed by atoms with E-state index in [1.807, 2.05) is 18.2 Å². The summed E-state index contributed by atoms with van der Waals surface area (Å²) in [7, 11) is 1.71. The van der Waals surface area contributed by atoms with E-state index >= 15 is 0 Å². The first-order chi connectivity index (χ1) is 10.6. The van der Waals surface area contributed by atoms with Crippen molar-refractivity contribution in [1.82, 2.24) is 10.2 Å². The maximum atomic E-state index is 5.50.